The van der Waals surface area contributed by atoms with E-state index in [1.807, 2.05) is 18.2 Å². The summed E-state index contributed by atoms with van der Waals surface area (Å²) < 4.78 is 5.16. The molecule has 1 aliphatic rings. The molecule has 2 rings (SSSR count). The first-order valence-electron chi connectivity index (χ1n) is 5.53. The second-order valence-electron chi connectivity index (χ2n) is 4.35. The van der Waals surface area contributed by atoms with Crippen LogP contribution in [0.5, 0.6) is 5.75 Å². The van der Waals surface area contributed by atoms with Crippen LogP contribution in [0.25, 0.3) is 0 Å². The molecule has 1 aromatic carbocycles. The average Bonchev–Trinajstić information content (AvgIpc) is 3.10. The summed E-state index contributed by atoms with van der Waals surface area (Å²) in [6.07, 6.45) is 2.07. The van der Waals surface area contributed by atoms with Crippen molar-refractivity contribution in [3.05, 3.63) is 29.8 Å². The van der Waals surface area contributed by atoms with Crippen LogP contribution in [0.2, 0.25) is 0 Å². The minimum atomic E-state index is -0.0706. The zero-order chi connectivity index (χ0) is 11.4. The topological polar surface area (TPSA) is 45.0 Å². The van der Waals surface area contributed by atoms with Crippen LogP contribution in [0.3, 0.4) is 0 Å². The molecule has 0 saturated heterocycles. The van der Waals surface area contributed by atoms with Gasteiger partial charge in [0.05, 0.1) is 18.6 Å². The molecule has 3 nitrogen and oxygen atoms in total. The molecular formula is C13H16N2O. The highest BCUT2D eigenvalue weighted by Crippen LogP contribution is 2.44. The van der Waals surface area contributed by atoms with E-state index in [-0.39, 0.29) is 5.41 Å². The lowest BCUT2D eigenvalue weighted by molar-refractivity contribution is 0.414. The van der Waals surface area contributed by atoms with Crippen molar-refractivity contribution in [2.24, 2.45) is 5.41 Å². The molecule has 1 N–H and O–H groups in total. The number of hydrogen-bond donors (Lipinski definition) is 1. The quantitative estimate of drug-likeness (QED) is 0.819. The van der Waals surface area contributed by atoms with Crippen molar-refractivity contribution in [1.29, 1.82) is 5.26 Å². The Hall–Kier alpha value is -1.53. The molecule has 0 unspecified atom stereocenters. The molecule has 0 bridgehead atoms. The molecule has 3 heteroatoms. The maximum absolute atomic E-state index is 8.93. The molecule has 1 saturated carbocycles. The summed E-state index contributed by atoms with van der Waals surface area (Å²) in [7, 11) is 1.67. The summed E-state index contributed by atoms with van der Waals surface area (Å²) in [5.74, 6) is 0.876. The molecular weight excluding hydrogens is 200 g/mol. The lowest BCUT2D eigenvalue weighted by atomic mass is 10.1. The fraction of sp³-hybridized carbons (Fsp3) is 0.462. The van der Waals surface area contributed by atoms with E-state index in [2.05, 4.69) is 17.5 Å². The third-order valence-corrected chi connectivity index (χ3v) is 3.02. The van der Waals surface area contributed by atoms with Crippen molar-refractivity contribution in [2.75, 3.05) is 13.7 Å². The molecule has 0 aliphatic heterocycles. The maximum Gasteiger partial charge on any atom is 0.119 e. The van der Waals surface area contributed by atoms with E-state index in [9.17, 15) is 0 Å². The molecule has 1 aromatic rings. The molecule has 0 amide bonds. The highest BCUT2D eigenvalue weighted by molar-refractivity contribution is 5.28. The third kappa shape index (κ3) is 2.53. The summed E-state index contributed by atoms with van der Waals surface area (Å²) in [6.45, 7) is 1.58. The lowest BCUT2D eigenvalue weighted by Crippen LogP contribution is -2.22. The van der Waals surface area contributed by atoms with Crippen LogP contribution in [-0.2, 0) is 6.54 Å². The summed E-state index contributed by atoms with van der Waals surface area (Å²) >= 11 is 0. The van der Waals surface area contributed by atoms with Crippen LogP contribution in [0, 0.1) is 16.7 Å². The second-order valence-corrected chi connectivity index (χ2v) is 4.35. The molecule has 84 valence electrons. The van der Waals surface area contributed by atoms with Crippen molar-refractivity contribution in [1.82, 2.24) is 5.32 Å². The van der Waals surface area contributed by atoms with Gasteiger partial charge >= 0.3 is 0 Å². The minimum absolute atomic E-state index is 0.0706. The number of nitrogens with zero attached hydrogens (tertiary/aromatic N) is 1. The maximum atomic E-state index is 8.93. The van der Waals surface area contributed by atoms with E-state index in [1.54, 1.807) is 7.11 Å². The molecule has 0 atom stereocenters. The predicted molar refractivity (Wildman–Crippen MR) is 62.0 cm³/mol. The van der Waals surface area contributed by atoms with Gasteiger partial charge in [-0.3, -0.25) is 0 Å². The van der Waals surface area contributed by atoms with Crippen LogP contribution in [0.4, 0.5) is 0 Å². The zero-order valence-electron chi connectivity index (χ0n) is 9.49. The van der Waals surface area contributed by atoms with Gasteiger partial charge in [-0.1, -0.05) is 12.1 Å². The number of nitriles is 1. The lowest BCUT2D eigenvalue weighted by Gasteiger charge is -2.08. The standard InChI is InChI=1S/C13H16N2O/c1-16-12-4-2-3-11(7-12)8-15-10-13(9-14)5-6-13/h2-4,7,15H,5-6,8,10H2,1H3. The Labute approximate surface area is 96.0 Å². The summed E-state index contributed by atoms with van der Waals surface area (Å²) in [5, 5.41) is 12.3. The molecule has 16 heavy (non-hydrogen) atoms. The smallest absolute Gasteiger partial charge is 0.119 e. The van der Waals surface area contributed by atoms with Gasteiger partial charge in [-0.25, -0.2) is 0 Å². The third-order valence-electron chi connectivity index (χ3n) is 3.02. The molecule has 0 radical (unpaired) electrons. The highest BCUT2D eigenvalue weighted by Gasteiger charge is 2.42. The Morgan fingerprint density at radius 3 is 2.94 bits per heavy atom. The summed E-state index contributed by atoms with van der Waals surface area (Å²) in [4.78, 5) is 0. The van der Waals surface area contributed by atoms with Crippen molar-refractivity contribution in [3.63, 3.8) is 0 Å². The monoisotopic (exact) mass is 216 g/mol. The average molecular weight is 216 g/mol. The second kappa shape index (κ2) is 4.54. The van der Waals surface area contributed by atoms with Gasteiger partial charge in [-0.2, -0.15) is 5.26 Å². The number of rotatable bonds is 5. The van der Waals surface area contributed by atoms with Gasteiger partial charge in [0.1, 0.15) is 5.75 Å². The first-order chi connectivity index (χ1) is 7.78. The van der Waals surface area contributed by atoms with E-state index in [0.29, 0.717) is 0 Å². The fourth-order valence-corrected chi connectivity index (χ4v) is 1.71. The van der Waals surface area contributed by atoms with Crippen LogP contribution in [-0.4, -0.2) is 13.7 Å². The Bertz CT molecular complexity index is 405. The van der Waals surface area contributed by atoms with Crippen LogP contribution in [0.1, 0.15) is 18.4 Å². The van der Waals surface area contributed by atoms with Crippen LogP contribution >= 0.6 is 0 Å². The van der Waals surface area contributed by atoms with Gasteiger partial charge in [0.2, 0.25) is 0 Å². The van der Waals surface area contributed by atoms with E-state index in [1.165, 1.54) is 5.56 Å². The largest absolute Gasteiger partial charge is 0.497 e. The fourth-order valence-electron chi connectivity index (χ4n) is 1.71. The van der Waals surface area contributed by atoms with Gasteiger partial charge < -0.3 is 10.1 Å². The van der Waals surface area contributed by atoms with Gasteiger partial charge in [-0.15, -0.1) is 0 Å². The highest BCUT2D eigenvalue weighted by atomic mass is 16.5. The van der Waals surface area contributed by atoms with E-state index in [0.717, 1.165) is 31.7 Å². The molecule has 0 spiro atoms. The molecule has 0 heterocycles. The molecule has 1 fully saturated rings. The van der Waals surface area contributed by atoms with Crippen molar-refractivity contribution in [2.45, 2.75) is 19.4 Å². The normalized spacial score (nSPS) is 16.5. The van der Waals surface area contributed by atoms with Gasteiger partial charge in [0.15, 0.2) is 0 Å². The van der Waals surface area contributed by atoms with Crippen molar-refractivity contribution < 1.29 is 4.74 Å². The van der Waals surface area contributed by atoms with E-state index < -0.39 is 0 Å². The van der Waals surface area contributed by atoms with Crippen molar-refractivity contribution >= 4 is 0 Å². The number of ether oxygens (including phenoxy) is 1. The minimum Gasteiger partial charge on any atom is -0.497 e. The first kappa shape index (κ1) is 11.0. The van der Waals surface area contributed by atoms with Crippen LogP contribution < -0.4 is 10.1 Å². The van der Waals surface area contributed by atoms with Gasteiger partial charge in [0.25, 0.3) is 0 Å². The van der Waals surface area contributed by atoms with Crippen LogP contribution in [0.15, 0.2) is 24.3 Å². The first-order valence-corrected chi connectivity index (χ1v) is 5.53. The number of benzene rings is 1. The Kier molecular flexibility index (Phi) is 3.12. The SMILES string of the molecule is COc1cccc(CNCC2(C#N)CC2)c1. The predicted octanol–water partition coefficient (Wildman–Crippen LogP) is 2.09. The summed E-state index contributed by atoms with van der Waals surface area (Å²) in [5.41, 5.74) is 1.12. The summed E-state index contributed by atoms with van der Waals surface area (Å²) in [6, 6.07) is 10.4. The number of nitrogens with one attached hydrogen (secondary N) is 1. The Balaban J connectivity index is 1.83. The zero-order valence-corrected chi connectivity index (χ0v) is 9.49. The Morgan fingerprint density at radius 1 is 1.50 bits per heavy atom. The van der Waals surface area contributed by atoms with Crippen molar-refractivity contribution in [3.8, 4) is 11.8 Å². The Morgan fingerprint density at radius 2 is 2.31 bits per heavy atom. The van der Waals surface area contributed by atoms with Gasteiger partial charge in [0, 0.05) is 13.1 Å². The van der Waals surface area contributed by atoms with E-state index >= 15 is 0 Å². The molecule has 1 aliphatic carbocycles. The molecule has 0 aromatic heterocycles. The van der Waals surface area contributed by atoms with E-state index in [4.69, 9.17) is 10.00 Å². The number of methoxy groups -OCH3 is 1. The van der Waals surface area contributed by atoms with Gasteiger partial charge in [-0.05, 0) is 30.5 Å². The number of hydrogen-bond acceptors (Lipinski definition) is 3.